The molecule has 0 unspecified atom stereocenters. The Hall–Kier alpha value is -3.51. The summed E-state index contributed by atoms with van der Waals surface area (Å²) in [4.78, 5) is 25.6. The van der Waals surface area contributed by atoms with Crippen molar-refractivity contribution in [2.45, 2.75) is 57.2 Å². The normalized spacial score (nSPS) is 21.9. The van der Waals surface area contributed by atoms with Crippen LogP contribution in [0, 0.1) is 28.4 Å². The number of hydrogen-bond acceptors (Lipinski definition) is 5. The number of carbonyl (C=O) groups is 2. The molecule has 2 N–H and O–H groups in total. The Labute approximate surface area is 254 Å². The fourth-order valence-corrected chi connectivity index (χ4v) is 6.07. The minimum Gasteiger partial charge on any atom is -0.465 e. The Bertz CT molecular complexity index is 1540. The second-order valence-corrected chi connectivity index (χ2v) is 12.4. The van der Waals surface area contributed by atoms with Gasteiger partial charge in [0.2, 0.25) is 5.91 Å². The lowest BCUT2D eigenvalue weighted by Gasteiger charge is -2.37. The van der Waals surface area contributed by atoms with Crippen LogP contribution >= 0.6 is 23.2 Å². The first-order valence-corrected chi connectivity index (χ1v) is 14.1. The van der Waals surface area contributed by atoms with Crippen LogP contribution < -0.4 is 10.6 Å². The van der Waals surface area contributed by atoms with Crippen LogP contribution in [0.1, 0.15) is 60.2 Å². The molecule has 0 saturated carbocycles. The molecule has 0 spiro atoms. The summed E-state index contributed by atoms with van der Waals surface area (Å²) in [5, 5.41) is 17.0. The molecule has 10 heteroatoms. The fraction of sp³-hybridized carbons (Fsp3) is 0.344. The molecule has 3 aromatic rings. The molecular formula is C32H31Cl2F2N3O3. The molecule has 1 aliphatic heterocycles. The number of ether oxygens (including phenoxy) is 1. The molecule has 220 valence electrons. The van der Waals surface area contributed by atoms with Crippen molar-refractivity contribution in [3.63, 3.8) is 0 Å². The van der Waals surface area contributed by atoms with Gasteiger partial charge in [-0.15, -0.1) is 0 Å². The Morgan fingerprint density at radius 3 is 2.38 bits per heavy atom. The highest BCUT2D eigenvalue weighted by molar-refractivity contribution is 6.31. The van der Waals surface area contributed by atoms with Gasteiger partial charge in [-0.3, -0.25) is 4.79 Å². The molecule has 0 aromatic heterocycles. The maximum Gasteiger partial charge on any atom is 0.337 e. The van der Waals surface area contributed by atoms with E-state index in [-0.39, 0.29) is 33.1 Å². The van der Waals surface area contributed by atoms with Gasteiger partial charge in [-0.25, -0.2) is 13.6 Å². The topological polar surface area (TPSA) is 91.2 Å². The van der Waals surface area contributed by atoms with Crippen molar-refractivity contribution >= 4 is 35.1 Å². The first-order valence-electron chi connectivity index (χ1n) is 13.3. The highest BCUT2D eigenvalue weighted by Gasteiger charge is 2.61. The van der Waals surface area contributed by atoms with E-state index >= 15 is 8.78 Å². The predicted molar refractivity (Wildman–Crippen MR) is 157 cm³/mol. The zero-order chi connectivity index (χ0) is 30.8. The van der Waals surface area contributed by atoms with E-state index in [1.165, 1.54) is 37.4 Å². The third-order valence-electron chi connectivity index (χ3n) is 7.57. The second-order valence-electron chi connectivity index (χ2n) is 11.6. The first-order chi connectivity index (χ1) is 19.8. The van der Waals surface area contributed by atoms with E-state index in [0.717, 1.165) is 6.07 Å². The number of nitrogens with zero attached hydrogens (tertiary/aromatic N) is 1. The average molecular weight is 615 g/mol. The van der Waals surface area contributed by atoms with Crippen molar-refractivity contribution in [3.8, 4) is 6.07 Å². The Morgan fingerprint density at radius 1 is 1.10 bits per heavy atom. The minimum atomic E-state index is -1.71. The summed E-state index contributed by atoms with van der Waals surface area (Å²) >= 11 is 12.2. The maximum absolute atomic E-state index is 15.7. The highest BCUT2D eigenvalue weighted by atomic mass is 35.5. The number of nitriles is 1. The van der Waals surface area contributed by atoms with Gasteiger partial charge in [-0.1, -0.05) is 74.3 Å². The molecule has 1 saturated heterocycles. The second kappa shape index (κ2) is 12.4. The number of amides is 1. The standard InChI is InChI=1S/C32H31Cl2F2N3O3/c1-31(2,3)15-25-32(17-37,22-13-12-20(33)14-24(22)35)26(21-6-5-7-23(34)27(21)36)28(39-25)29(40)38-16-18-8-10-19(11-9-18)30(41)42-4/h5-14,25-26,28,39H,15-16H2,1-4H3,(H,38,40)/t25-,26-,28+,32-/m0/s1. The summed E-state index contributed by atoms with van der Waals surface area (Å²) < 4.78 is 36.2. The molecule has 1 heterocycles. The molecule has 42 heavy (non-hydrogen) atoms. The van der Waals surface area contributed by atoms with E-state index < -0.39 is 46.9 Å². The van der Waals surface area contributed by atoms with E-state index in [4.69, 9.17) is 27.9 Å². The van der Waals surface area contributed by atoms with Crippen LogP contribution in [0.4, 0.5) is 8.78 Å². The van der Waals surface area contributed by atoms with E-state index in [9.17, 15) is 14.9 Å². The van der Waals surface area contributed by atoms with Crippen LogP contribution in [0.2, 0.25) is 10.0 Å². The molecule has 0 radical (unpaired) electrons. The van der Waals surface area contributed by atoms with Gasteiger partial charge in [0, 0.05) is 29.1 Å². The molecule has 1 amide bonds. The molecule has 1 fully saturated rings. The van der Waals surface area contributed by atoms with E-state index in [0.29, 0.717) is 17.5 Å². The first kappa shape index (κ1) is 31.4. The van der Waals surface area contributed by atoms with Crippen molar-refractivity contribution in [2.75, 3.05) is 7.11 Å². The minimum absolute atomic E-state index is 0.00854. The number of benzene rings is 3. The number of hydrogen-bond donors (Lipinski definition) is 2. The van der Waals surface area contributed by atoms with Crippen LogP contribution in [0.25, 0.3) is 0 Å². The molecule has 0 aliphatic carbocycles. The van der Waals surface area contributed by atoms with Gasteiger partial charge in [0.05, 0.1) is 29.8 Å². The van der Waals surface area contributed by atoms with Crippen molar-refractivity contribution < 1.29 is 23.1 Å². The van der Waals surface area contributed by atoms with Gasteiger partial charge >= 0.3 is 5.97 Å². The summed E-state index contributed by atoms with van der Waals surface area (Å²) in [6.07, 6.45) is 0.361. The highest BCUT2D eigenvalue weighted by Crippen LogP contribution is 2.52. The van der Waals surface area contributed by atoms with Gasteiger partial charge in [-0.2, -0.15) is 5.26 Å². The fourth-order valence-electron chi connectivity index (χ4n) is 5.73. The van der Waals surface area contributed by atoms with Gasteiger partial charge in [0.1, 0.15) is 17.0 Å². The lowest BCUT2D eigenvalue weighted by Crippen LogP contribution is -2.45. The third-order valence-corrected chi connectivity index (χ3v) is 8.10. The van der Waals surface area contributed by atoms with Crippen molar-refractivity contribution in [1.82, 2.24) is 10.6 Å². The zero-order valence-corrected chi connectivity index (χ0v) is 25.1. The van der Waals surface area contributed by atoms with Crippen molar-refractivity contribution in [1.29, 1.82) is 5.26 Å². The lowest BCUT2D eigenvalue weighted by atomic mass is 9.62. The number of rotatable bonds is 7. The van der Waals surface area contributed by atoms with Crippen LogP contribution in [-0.2, 0) is 21.5 Å². The number of halogens is 4. The quantitative estimate of drug-likeness (QED) is 0.289. The van der Waals surface area contributed by atoms with Crippen LogP contribution in [-0.4, -0.2) is 31.1 Å². The van der Waals surface area contributed by atoms with Crippen molar-refractivity contribution in [2.24, 2.45) is 5.41 Å². The monoisotopic (exact) mass is 613 g/mol. The van der Waals surface area contributed by atoms with Gasteiger partial charge in [0.25, 0.3) is 0 Å². The predicted octanol–water partition coefficient (Wildman–Crippen LogP) is 6.70. The van der Waals surface area contributed by atoms with Gasteiger partial charge in [-0.05, 0) is 53.3 Å². The number of methoxy groups -OCH3 is 1. The SMILES string of the molecule is COC(=O)c1ccc(CNC(=O)[C@@H]2N[C@@H](CC(C)(C)C)[C@](C#N)(c3ccc(Cl)cc3F)[C@H]2c2cccc(Cl)c2F)cc1. The largest absolute Gasteiger partial charge is 0.465 e. The van der Waals surface area contributed by atoms with Gasteiger partial charge in [0.15, 0.2) is 0 Å². The molecule has 6 nitrogen and oxygen atoms in total. The Kier molecular flexibility index (Phi) is 9.27. The molecule has 4 rings (SSSR count). The smallest absolute Gasteiger partial charge is 0.337 e. The van der Waals surface area contributed by atoms with Crippen LogP contribution in [0.5, 0.6) is 0 Å². The van der Waals surface area contributed by atoms with Crippen LogP contribution in [0.15, 0.2) is 60.7 Å². The molecule has 0 bridgehead atoms. The molecular weight excluding hydrogens is 583 g/mol. The van der Waals surface area contributed by atoms with Gasteiger partial charge < -0.3 is 15.4 Å². The number of carbonyl (C=O) groups excluding carboxylic acids is 2. The molecule has 3 aromatic carbocycles. The summed E-state index contributed by atoms with van der Waals surface area (Å²) in [5.41, 5.74) is -0.986. The summed E-state index contributed by atoms with van der Waals surface area (Å²) in [5.74, 6) is -3.68. The van der Waals surface area contributed by atoms with Crippen LogP contribution in [0.3, 0.4) is 0 Å². The number of esters is 1. The molecule has 1 aliphatic rings. The van der Waals surface area contributed by atoms with E-state index in [1.807, 2.05) is 20.8 Å². The zero-order valence-electron chi connectivity index (χ0n) is 23.6. The lowest BCUT2D eigenvalue weighted by molar-refractivity contribution is -0.123. The average Bonchev–Trinajstić information content (AvgIpc) is 3.25. The molecule has 4 atom stereocenters. The van der Waals surface area contributed by atoms with Crippen molar-refractivity contribution in [3.05, 3.63) is 105 Å². The maximum atomic E-state index is 15.7. The van der Waals surface area contributed by atoms with E-state index in [1.54, 1.807) is 24.3 Å². The summed E-state index contributed by atoms with van der Waals surface area (Å²) in [6, 6.07) is 15.3. The summed E-state index contributed by atoms with van der Waals surface area (Å²) in [7, 11) is 1.29. The number of nitrogens with one attached hydrogen (secondary N) is 2. The third kappa shape index (κ3) is 6.14. The Morgan fingerprint density at radius 2 is 1.79 bits per heavy atom. The van der Waals surface area contributed by atoms with E-state index in [2.05, 4.69) is 16.7 Å². The Balaban J connectivity index is 1.82. The summed E-state index contributed by atoms with van der Waals surface area (Å²) in [6.45, 7) is 5.99.